The molecule has 0 atom stereocenters. The van der Waals surface area contributed by atoms with Gasteiger partial charge in [-0.1, -0.05) is 38.5 Å². The summed E-state index contributed by atoms with van der Waals surface area (Å²) in [6.45, 7) is 1.13. The number of unbranched alkanes of at least 4 members (excludes halogenated alkanes) is 7. The molecule has 11 heteroatoms. The Balaban J connectivity index is 0.00000544. The Morgan fingerprint density at radius 1 is 0.515 bits per heavy atom. The summed E-state index contributed by atoms with van der Waals surface area (Å²) in [6, 6.07) is 11.4. The van der Waals surface area contributed by atoms with Crippen LogP contribution in [0, 0.1) is 0 Å². The topological polar surface area (TPSA) is 127 Å². The van der Waals surface area contributed by atoms with Crippen LogP contribution in [0.2, 0.25) is 0 Å². The molecule has 0 saturated carbocycles. The van der Waals surface area contributed by atoms with Gasteiger partial charge in [0, 0.05) is 0 Å². The van der Waals surface area contributed by atoms with Gasteiger partial charge in [0.05, 0.1) is 23.0 Å². The van der Waals surface area contributed by atoms with E-state index in [2.05, 4.69) is 0 Å². The molecule has 0 spiro atoms. The SMILES string of the molecule is O=S(=O)(O)c1ccc(OCCCCCCCCCCOc2ccc(S(=O)(=O)O)cc2)cc1.[Na+]. The van der Waals surface area contributed by atoms with Gasteiger partial charge in [0.2, 0.25) is 0 Å². The van der Waals surface area contributed by atoms with Crippen molar-refractivity contribution in [3.8, 4) is 11.5 Å². The first-order chi connectivity index (χ1) is 15.2. The zero-order valence-electron chi connectivity index (χ0n) is 18.9. The summed E-state index contributed by atoms with van der Waals surface area (Å²) in [4.78, 5) is -0.295. The van der Waals surface area contributed by atoms with Crippen LogP contribution in [0.3, 0.4) is 0 Å². The monoisotopic (exact) mass is 509 g/mol. The third kappa shape index (κ3) is 12.2. The van der Waals surface area contributed by atoms with Crippen LogP contribution in [0.25, 0.3) is 0 Å². The van der Waals surface area contributed by atoms with E-state index in [-0.39, 0.29) is 39.3 Å². The smallest absolute Gasteiger partial charge is 0.494 e. The fourth-order valence-corrected chi connectivity index (χ4v) is 4.02. The number of benzene rings is 2. The van der Waals surface area contributed by atoms with Crippen molar-refractivity contribution in [2.75, 3.05) is 13.2 Å². The second kappa shape index (κ2) is 15.0. The molecule has 2 rings (SSSR count). The molecule has 0 aliphatic heterocycles. The van der Waals surface area contributed by atoms with Crippen LogP contribution in [0.5, 0.6) is 11.5 Å². The number of hydrogen-bond acceptors (Lipinski definition) is 6. The summed E-state index contributed by atoms with van der Waals surface area (Å²) in [5.41, 5.74) is 0. The number of hydrogen-bond donors (Lipinski definition) is 2. The molecule has 33 heavy (non-hydrogen) atoms. The Morgan fingerprint density at radius 3 is 1.06 bits per heavy atom. The Kier molecular flexibility index (Phi) is 13.6. The molecule has 2 N–H and O–H groups in total. The minimum atomic E-state index is -4.17. The van der Waals surface area contributed by atoms with Gasteiger partial charge in [0.1, 0.15) is 11.5 Å². The second-order valence-corrected chi connectivity index (χ2v) is 10.3. The van der Waals surface area contributed by atoms with E-state index in [0.717, 1.165) is 51.4 Å². The first-order valence-electron chi connectivity index (χ1n) is 10.6. The number of ether oxygens (including phenoxy) is 2. The molecule has 0 amide bonds. The van der Waals surface area contributed by atoms with Gasteiger partial charge in [-0.2, -0.15) is 16.8 Å². The molecule has 2 aromatic carbocycles. The Labute approximate surface area is 218 Å². The summed E-state index contributed by atoms with van der Waals surface area (Å²) in [5, 5.41) is 0. The van der Waals surface area contributed by atoms with Crippen molar-refractivity contribution in [2.24, 2.45) is 0 Å². The van der Waals surface area contributed by atoms with E-state index in [1.807, 2.05) is 0 Å². The van der Waals surface area contributed by atoms with Gasteiger partial charge < -0.3 is 9.47 Å². The molecule has 178 valence electrons. The first kappa shape index (κ1) is 29.9. The molecule has 0 unspecified atom stereocenters. The predicted molar refractivity (Wildman–Crippen MR) is 120 cm³/mol. The minimum Gasteiger partial charge on any atom is -0.494 e. The molecule has 0 fully saturated rings. The molecule has 2 aromatic rings. The molecular weight excluding hydrogens is 479 g/mol. The Hall–Kier alpha value is -1.14. The van der Waals surface area contributed by atoms with Crippen LogP contribution in [0.4, 0.5) is 0 Å². The minimum absolute atomic E-state index is 0. The van der Waals surface area contributed by atoms with E-state index >= 15 is 0 Å². The van der Waals surface area contributed by atoms with E-state index < -0.39 is 20.2 Å². The van der Waals surface area contributed by atoms with Gasteiger partial charge in [-0.3, -0.25) is 9.11 Å². The molecule has 0 bridgehead atoms. The fourth-order valence-electron chi connectivity index (χ4n) is 3.06. The van der Waals surface area contributed by atoms with Crippen LogP contribution in [0.15, 0.2) is 58.3 Å². The van der Waals surface area contributed by atoms with E-state index in [4.69, 9.17) is 18.6 Å². The van der Waals surface area contributed by atoms with Gasteiger partial charge in [-0.15, -0.1) is 0 Å². The third-order valence-corrected chi connectivity index (χ3v) is 6.56. The molecule has 0 radical (unpaired) electrons. The average molecular weight is 510 g/mol. The zero-order chi connectivity index (χ0) is 23.5. The van der Waals surface area contributed by atoms with Crippen molar-refractivity contribution < 1.29 is 65.0 Å². The molecular formula is C22H30NaO8S2+. The van der Waals surface area contributed by atoms with Gasteiger partial charge >= 0.3 is 29.6 Å². The Morgan fingerprint density at radius 2 is 0.788 bits per heavy atom. The molecule has 0 aliphatic rings. The molecule has 8 nitrogen and oxygen atoms in total. The Bertz CT molecular complexity index is 936. The van der Waals surface area contributed by atoms with Gasteiger partial charge in [-0.25, -0.2) is 0 Å². The van der Waals surface area contributed by atoms with Crippen LogP contribution in [-0.4, -0.2) is 39.2 Å². The molecule has 0 heterocycles. The summed E-state index contributed by atoms with van der Waals surface area (Å²) in [5.74, 6) is 1.16. The maximum Gasteiger partial charge on any atom is 1.00 e. The average Bonchev–Trinajstić information content (AvgIpc) is 2.74. The van der Waals surface area contributed by atoms with Crippen molar-refractivity contribution in [2.45, 2.75) is 61.2 Å². The maximum atomic E-state index is 11.0. The summed E-state index contributed by atoms with van der Waals surface area (Å²) >= 11 is 0. The normalized spacial score (nSPS) is 11.6. The van der Waals surface area contributed by atoms with Crippen LogP contribution < -0.4 is 39.0 Å². The van der Waals surface area contributed by atoms with Crippen molar-refractivity contribution in [1.29, 1.82) is 0 Å². The standard InChI is InChI=1S/C22H30O8S2.Na/c23-31(24,25)21-13-9-19(10-14-21)29-17-7-5-3-1-2-4-6-8-18-30-20-11-15-22(16-12-20)32(26,27)28;/h9-16H,1-8,17-18H2,(H,23,24,25)(H,26,27,28);/q;+1. The molecule has 0 saturated heterocycles. The molecule has 0 aromatic heterocycles. The van der Waals surface area contributed by atoms with E-state index in [9.17, 15) is 16.8 Å². The van der Waals surface area contributed by atoms with Gasteiger partial charge in [0.15, 0.2) is 0 Å². The van der Waals surface area contributed by atoms with Crippen LogP contribution in [-0.2, 0) is 20.2 Å². The van der Waals surface area contributed by atoms with E-state index in [0.29, 0.717) is 24.7 Å². The molecule has 0 aliphatic carbocycles. The summed E-state index contributed by atoms with van der Waals surface area (Å²) in [6.07, 6.45) is 8.53. The second-order valence-electron chi connectivity index (χ2n) is 7.42. The third-order valence-electron chi connectivity index (χ3n) is 4.82. The number of rotatable bonds is 15. The van der Waals surface area contributed by atoms with Crippen molar-refractivity contribution in [3.05, 3.63) is 48.5 Å². The van der Waals surface area contributed by atoms with Gasteiger partial charge in [0.25, 0.3) is 20.2 Å². The quantitative estimate of drug-likeness (QED) is 0.211. The maximum absolute atomic E-state index is 11.0. The summed E-state index contributed by atoms with van der Waals surface area (Å²) < 4.78 is 73.0. The van der Waals surface area contributed by atoms with Crippen molar-refractivity contribution >= 4 is 20.2 Å². The van der Waals surface area contributed by atoms with Crippen LogP contribution >= 0.6 is 0 Å². The van der Waals surface area contributed by atoms with Crippen molar-refractivity contribution in [3.63, 3.8) is 0 Å². The predicted octanol–water partition coefficient (Wildman–Crippen LogP) is 1.76. The van der Waals surface area contributed by atoms with Gasteiger partial charge in [-0.05, 0) is 61.4 Å². The van der Waals surface area contributed by atoms with E-state index in [1.165, 1.54) is 48.5 Å². The van der Waals surface area contributed by atoms with E-state index in [1.54, 1.807) is 0 Å². The fraction of sp³-hybridized carbons (Fsp3) is 0.455. The largest absolute Gasteiger partial charge is 1.00 e. The zero-order valence-corrected chi connectivity index (χ0v) is 22.5. The summed E-state index contributed by atoms with van der Waals surface area (Å²) in [7, 11) is -8.34. The first-order valence-corrected chi connectivity index (χ1v) is 13.4. The van der Waals surface area contributed by atoms with Crippen LogP contribution in [0.1, 0.15) is 51.4 Å². The van der Waals surface area contributed by atoms with Crippen molar-refractivity contribution in [1.82, 2.24) is 0 Å².